The van der Waals surface area contributed by atoms with Crippen LogP contribution in [0.1, 0.15) is 34.6 Å². The summed E-state index contributed by atoms with van der Waals surface area (Å²) >= 11 is 7.39. The summed E-state index contributed by atoms with van der Waals surface area (Å²) in [7, 11) is -3.50. The second-order valence-corrected chi connectivity index (χ2v) is 11.5. The van der Waals surface area contributed by atoms with E-state index in [1.807, 2.05) is 36.6 Å². The predicted molar refractivity (Wildman–Crippen MR) is 138 cm³/mol. The fourth-order valence-corrected chi connectivity index (χ4v) is 6.63. The molecule has 0 saturated carbocycles. The molecule has 9 heteroatoms. The Morgan fingerprint density at radius 1 is 1.21 bits per heavy atom. The number of thiophene rings is 1. The molecule has 0 saturated heterocycles. The fourth-order valence-electron chi connectivity index (χ4n) is 4.13. The van der Waals surface area contributed by atoms with E-state index in [0.717, 1.165) is 41.2 Å². The van der Waals surface area contributed by atoms with E-state index in [-0.39, 0.29) is 37.5 Å². The number of benzene rings is 2. The van der Waals surface area contributed by atoms with Crippen LogP contribution in [0.5, 0.6) is 5.75 Å². The van der Waals surface area contributed by atoms with Gasteiger partial charge in [-0.1, -0.05) is 29.8 Å². The zero-order valence-electron chi connectivity index (χ0n) is 18.3. The average Bonchev–Trinajstić information content (AvgIpc) is 3.21. The lowest BCUT2D eigenvalue weighted by Gasteiger charge is -2.32. The second-order valence-electron chi connectivity index (χ2n) is 8.19. The van der Waals surface area contributed by atoms with Crippen molar-refractivity contribution < 1.29 is 13.2 Å². The summed E-state index contributed by atoms with van der Waals surface area (Å²) in [6.07, 6.45) is 2.71. The Morgan fingerprint density at radius 3 is 2.76 bits per heavy atom. The number of sulfonamides is 1. The van der Waals surface area contributed by atoms with Gasteiger partial charge in [0.2, 0.25) is 10.0 Å². The van der Waals surface area contributed by atoms with E-state index in [1.54, 1.807) is 6.07 Å². The number of aryl methyl sites for hydroxylation is 2. The zero-order chi connectivity index (χ0) is 22.7. The average molecular weight is 528 g/mol. The lowest BCUT2D eigenvalue weighted by molar-refractivity contribution is 0.321. The highest BCUT2D eigenvalue weighted by Gasteiger charge is 2.27. The molecule has 1 heterocycles. The van der Waals surface area contributed by atoms with Gasteiger partial charge in [-0.25, -0.2) is 13.1 Å². The minimum Gasteiger partial charge on any atom is -0.492 e. The summed E-state index contributed by atoms with van der Waals surface area (Å²) in [6.45, 7) is 2.31. The van der Waals surface area contributed by atoms with Crippen LogP contribution in [0.2, 0.25) is 5.02 Å². The first-order valence-corrected chi connectivity index (χ1v) is 13.4. The lowest BCUT2D eigenvalue weighted by Crippen LogP contribution is -2.34. The van der Waals surface area contributed by atoms with Crippen LogP contribution in [0, 0.1) is 6.92 Å². The topological polar surface area (TPSA) is 81.4 Å². The largest absolute Gasteiger partial charge is 0.492 e. The summed E-state index contributed by atoms with van der Waals surface area (Å²) in [5.41, 5.74) is 11.1. The third-order valence-electron chi connectivity index (χ3n) is 5.76. The molecule has 0 radical (unpaired) electrons. The molecule has 1 aromatic heterocycles. The van der Waals surface area contributed by atoms with Crippen LogP contribution in [-0.4, -0.2) is 27.6 Å². The van der Waals surface area contributed by atoms with Crippen molar-refractivity contribution in [3.05, 3.63) is 81.2 Å². The fraction of sp³-hybridized carbons (Fsp3) is 0.333. The minimum absolute atomic E-state index is 0. The van der Waals surface area contributed by atoms with Gasteiger partial charge < -0.3 is 10.5 Å². The number of nitrogens with one attached hydrogen (secondary N) is 1. The number of rotatable bonds is 8. The third kappa shape index (κ3) is 6.50. The van der Waals surface area contributed by atoms with E-state index in [9.17, 15) is 8.42 Å². The van der Waals surface area contributed by atoms with Gasteiger partial charge in [-0.15, -0.1) is 23.7 Å². The van der Waals surface area contributed by atoms with Gasteiger partial charge >= 0.3 is 0 Å². The maximum atomic E-state index is 12.3. The van der Waals surface area contributed by atoms with Crippen LogP contribution in [0.4, 0.5) is 0 Å². The number of nitrogens with two attached hydrogens (primary N) is 1. The van der Waals surface area contributed by atoms with Crippen molar-refractivity contribution in [1.29, 1.82) is 0 Å². The molecule has 0 spiro atoms. The predicted octanol–water partition coefficient (Wildman–Crippen LogP) is 5.09. The molecule has 3 aromatic rings. The molecule has 0 bridgehead atoms. The highest BCUT2D eigenvalue weighted by atomic mass is 35.5. The van der Waals surface area contributed by atoms with Gasteiger partial charge in [-0.2, -0.15) is 0 Å². The quantitative estimate of drug-likeness (QED) is 0.400. The van der Waals surface area contributed by atoms with Gasteiger partial charge in [0.05, 0.1) is 0 Å². The lowest BCUT2D eigenvalue weighted by atomic mass is 9.76. The summed E-state index contributed by atoms with van der Waals surface area (Å²) < 4.78 is 33.5. The molecule has 2 unspecified atom stereocenters. The Balaban J connectivity index is 0.00000306. The maximum Gasteiger partial charge on any atom is 0.250 e. The molecule has 5 nitrogen and oxygen atoms in total. The Hall–Kier alpha value is -1.61. The summed E-state index contributed by atoms with van der Waals surface area (Å²) in [5, 5.41) is 2.55. The van der Waals surface area contributed by atoms with E-state index in [0.29, 0.717) is 4.21 Å². The van der Waals surface area contributed by atoms with E-state index in [4.69, 9.17) is 22.1 Å². The molecule has 2 atom stereocenters. The molecule has 2 aromatic carbocycles. The van der Waals surface area contributed by atoms with Gasteiger partial charge in [-0.05, 0) is 84.2 Å². The minimum atomic E-state index is -3.50. The number of hydrogen-bond acceptors (Lipinski definition) is 5. The van der Waals surface area contributed by atoms with Crippen LogP contribution in [0.15, 0.2) is 58.1 Å². The standard InChI is InChI=1S/C24H27ClN2O3S2.ClH/c1-16-11-24(31-15-16)32(28,29)27-9-10-30-20-7-5-18-6-8-23(26)22(21(18)14-20)13-17-3-2-4-19(25)12-17;/h2-5,7,11-12,14-15,22-23,27H,6,8-10,13,26H2,1H3;1H. The molecule has 0 fully saturated rings. The van der Waals surface area contributed by atoms with Gasteiger partial charge in [0.15, 0.2) is 0 Å². The number of hydrogen-bond donors (Lipinski definition) is 2. The molecule has 178 valence electrons. The van der Waals surface area contributed by atoms with Crippen molar-refractivity contribution in [2.75, 3.05) is 13.2 Å². The highest BCUT2D eigenvalue weighted by molar-refractivity contribution is 7.91. The van der Waals surface area contributed by atoms with Crippen molar-refractivity contribution in [3.63, 3.8) is 0 Å². The zero-order valence-corrected chi connectivity index (χ0v) is 21.5. The van der Waals surface area contributed by atoms with Crippen molar-refractivity contribution in [2.45, 2.75) is 42.4 Å². The molecule has 0 amide bonds. The number of halogens is 2. The van der Waals surface area contributed by atoms with E-state index < -0.39 is 10.0 Å². The Kier molecular flexibility index (Phi) is 8.83. The molecule has 1 aliphatic rings. The van der Waals surface area contributed by atoms with Gasteiger partial charge in [0, 0.05) is 23.5 Å². The van der Waals surface area contributed by atoms with Crippen molar-refractivity contribution in [3.8, 4) is 5.75 Å². The molecule has 0 aliphatic heterocycles. The second kappa shape index (κ2) is 11.2. The van der Waals surface area contributed by atoms with E-state index in [1.165, 1.54) is 22.5 Å². The Bertz CT molecular complexity index is 1200. The Labute approximate surface area is 210 Å². The van der Waals surface area contributed by atoms with Gasteiger partial charge in [0.25, 0.3) is 0 Å². The monoisotopic (exact) mass is 526 g/mol. The first kappa shape index (κ1) is 26.0. The molecule has 3 N–H and O–H groups in total. The van der Waals surface area contributed by atoms with Gasteiger partial charge in [0.1, 0.15) is 16.6 Å². The van der Waals surface area contributed by atoms with Crippen molar-refractivity contribution in [2.24, 2.45) is 5.73 Å². The Morgan fingerprint density at radius 2 is 2.03 bits per heavy atom. The normalized spacial score (nSPS) is 17.8. The van der Waals surface area contributed by atoms with Crippen LogP contribution in [0.3, 0.4) is 0 Å². The third-order valence-corrected chi connectivity index (χ3v) is 9.01. The van der Waals surface area contributed by atoms with Crippen LogP contribution in [-0.2, 0) is 22.9 Å². The molecule has 4 rings (SSSR count). The van der Waals surface area contributed by atoms with Crippen LogP contribution >= 0.6 is 35.3 Å². The number of fused-ring (bicyclic) bond motifs is 1. The molecule has 33 heavy (non-hydrogen) atoms. The molecular weight excluding hydrogens is 499 g/mol. The SMILES string of the molecule is Cc1csc(S(=O)(=O)NCCOc2ccc3c(c2)C(Cc2cccc(Cl)c2)C(N)CC3)c1.Cl. The van der Waals surface area contributed by atoms with Crippen molar-refractivity contribution in [1.82, 2.24) is 4.72 Å². The summed E-state index contributed by atoms with van der Waals surface area (Å²) in [5.74, 6) is 0.904. The van der Waals surface area contributed by atoms with Gasteiger partial charge in [-0.3, -0.25) is 0 Å². The smallest absolute Gasteiger partial charge is 0.250 e. The first-order chi connectivity index (χ1) is 15.3. The molecule has 1 aliphatic carbocycles. The maximum absolute atomic E-state index is 12.3. The van der Waals surface area contributed by atoms with Crippen molar-refractivity contribution >= 4 is 45.4 Å². The van der Waals surface area contributed by atoms with Crippen LogP contribution in [0.25, 0.3) is 0 Å². The summed E-state index contributed by atoms with van der Waals surface area (Å²) in [4.78, 5) is 0. The van der Waals surface area contributed by atoms with E-state index >= 15 is 0 Å². The molecular formula is C24H28Cl2N2O3S2. The summed E-state index contributed by atoms with van der Waals surface area (Å²) in [6, 6.07) is 15.7. The number of ether oxygens (including phenoxy) is 1. The van der Waals surface area contributed by atoms with Crippen LogP contribution < -0.4 is 15.2 Å². The first-order valence-electron chi connectivity index (χ1n) is 10.6. The van der Waals surface area contributed by atoms with E-state index in [2.05, 4.69) is 22.9 Å². The highest BCUT2D eigenvalue weighted by Crippen LogP contribution is 2.36.